The first-order valence-corrected chi connectivity index (χ1v) is 31.9. The lowest BCUT2D eigenvalue weighted by Gasteiger charge is -2.26. The standard InChI is InChI=1S/C59H121N2O6P/c1-6-8-10-12-14-16-18-20-21-22-23-24-25-26-27-28-29-30-31-32-33-34-35-36-37-38-39-41-42-44-46-48-50-52-58(62)57(56-67-68(64,65)66-55-54-61(3,4)5)60-59(63)53-51-49-47-45-43-40-19-17-15-13-11-9-7-2/h57-58,62H,6-56H2,1-5H3,(H-,60,63,64,65)/p+1. The Bertz CT molecular complexity index is 1070. The van der Waals surface area contributed by atoms with E-state index in [0.717, 1.165) is 38.5 Å². The van der Waals surface area contributed by atoms with Crippen LogP contribution in [0.4, 0.5) is 0 Å². The lowest BCUT2D eigenvalue weighted by atomic mass is 10.0. The molecule has 0 saturated carbocycles. The summed E-state index contributed by atoms with van der Waals surface area (Å²) in [5, 5.41) is 14.1. The summed E-state index contributed by atoms with van der Waals surface area (Å²) in [5.74, 6) is -0.138. The fraction of sp³-hybridized carbons (Fsp3) is 0.983. The van der Waals surface area contributed by atoms with Gasteiger partial charge in [0.25, 0.3) is 0 Å². The van der Waals surface area contributed by atoms with Crippen molar-refractivity contribution in [2.45, 2.75) is 334 Å². The molecule has 0 aliphatic carbocycles. The molecule has 9 heteroatoms. The van der Waals surface area contributed by atoms with E-state index in [0.29, 0.717) is 23.9 Å². The highest BCUT2D eigenvalue weighted by molar-refractivity contribution is 7.47. The Labute approximate surface area is 425 Å². The van der Waals surface area contributed by atoms with Crippen LogP contribution < -0.4 is 5.32 Å². The molecule has 0 aromatic carbocycles. The number of carbonyl (C=O) groups excluding carboxylic acids is 1. The first kappa shape index (κ1) is 67.5. The molecule has 0 aliphatic rings. The smallest absolute Gasteiger partial charge is 0.391 e. The molecule has 3 atom stereocenters. The second-order valence-corrected chi connectivity index (χ2v) is 23.9. The lowest BCUT2D eigenvalue weighted by molar-refractivity contribution is -0.870. The molecule has 68 heavy (non-hydrogen) atoms. The van der Waals surface area contributed by atoms with Crippen LogP contribution in [0.3, 0.4) is 0 Å². The molecule has 0 aromatic rings. The average molecular weight is 987 g/mol. The van der Waals surface area contributed by atoms with Crippen LogP contribution in [0.25, 0.3) is 0 Å². The summed E-state index contributed by atoms with van der Waals surface area (Å²) in [6.45, 7) is 4.93. The van der Waals surface area contributed by atoms with Crippen molar-refractivity contribution >= 4 is 13.7 Å². The molecule has 0 saturated heterocycles. The van der Waals surface area contributed by atoms with Gasteiger partial charge in [-0.05, 0) is 12.8 Å². The molecule has 3 N–H and O–H groups in total. The zero-order valence-corrected chi connectivity index (χ0v) is 47.5. The molecule has 3 unspecified atom stereocenters. The van der Waals surface area contributed by atoms with Crippen LogP contribution in [-0.4, -0.2) is 73.4 Å². The molecule has 0 heterocycles. The highest BCUT2D eigenvalue weighted by atomic mass is 31.2. The maximum absolute atomic E-state index is 12.9. The Balaban J connectivity index is 3.93. The Morgan fingerprint density at radius 1 is 0.441 bits per heavy atom. The summed E-state index contributed by atoms with van der Waals surface area (Å²) in [6.07, 6.45) is 61.9. The van der Waals surface area contributed by atoms with Crippen molar-refractivity contribution in [2.75, 3.05) is 40.9 Å². The summed E-state index contributed by atoms with van der Waals surface area (Å²) < 4.78 is 23.8. The first-order valence-electron chi connectivity index (χ1n) is 30.4. The third-order valence-corrected chi connectivity index (χ3v) is 15.3. The van der Waals surface area contributed by atoms with E-state index in [1.165, 1.54) is 257 Å². The molecule has 408 valence electrons. The summed E-state index contributed by atoms with van der Waals surface area (Å²) in [5.41, 5.74) is 0. The fourth-order valence-electron chi connectivity index (χ4n) is 9.58. The molecule has 0 spiro atoms. The van der Waals surface area contributed by atoms with Gasteiger partial charge in [0.05, 0.1) is 39.9 Å². The van der Waals surface area contributed by atoms with Gasteiger partial charge in [-0.25, -0.2) is 4.57 Å². The number of amides is 1. The predicted molar refractivity (Wildman–Crippen MR) is 296 cm³/mol. The van der Waals surface area contributed by atoms with E-state index in [-0.39, 0.29) is 19.1 Å². The van der Waals surface area contributed by atoms with Crippen LogP contribution in [0.15, 0.2) is 0 Å². The summed E-state index contributed by atoms with van der Waals surface area (Å²) in [4.78, 5) is 23.3. The van der Waals surface area contributed by atoms with Gasteiger partial charge in [0.1, 0.15) is 13.2 Å². The van der Waals surface area contributed by atoms with E-state index in [4.69, 9.17) is 9.05 Å². The van der Waals surface area contributed by atoms with Crippen LogP contribution in [0, 0.1) is 0 Å². The van der Waals surface area contributed by atoms with Gasteiger partial charge in [-0.2, -0.15) is 0 Å². The number of nitrogens with zero attached hydrogens (tertiary/aromatic N) is 1. The van der Waals surface area contributed by atoms with E-state index >= 15 is 0 Å². The third kappa shape index (κ3) is 53.3. The van der Waals surface area contributed by atoms with Gasteiger partial charge in [0, 0.05) is 6.42 Å². The number of rotatable bonds is 57. The van der Waals surface area contributed by atoms with Gasteiger partial charge in [0.15, 0.2) is 0 Å². The molecule has 1 amide bonds. The van der Waals surface area contributed by atoms with Crippen molar-refractivity contribution in [1.29, 1.82) is 0 Å². The third-order valence-electron chi connectivity index (χ3n) is 14.4. The minimum Gasteiger partial charge on any atom is -0.391 e. The van der Waals surface area contributed by atoms with Crippen LogP contribution in [0.1, 0.15) is 322 Å². The minimum absolute atomic E-state index is 0.0790. The zero-order chi connectivity index (χ0) is 49.9. The van der Waals surface area contributed by atoms with Gasteiger partial charge >= 0.3 is 7.82 Å². The van der Waals surface area contributed by atoms with Crippen LogP contribution in [0.5, 0.6) is 0 Å². The topological polar surface area (TPSA) is 105 Å². The highest BCUT2D eigenvalue weighted by Crippen LogP contribution is 2.43. The van der Waals surface area contributed by atoms with Crippen molar-refractivity contribution in [3.63, 3.8) is 0 Å². The van der Waals surface area contributed by atoms with Gasteiger partial charge in [-0.15, -0.1) is 0 Å². The van der Waals surface area contributed by atoms with Crippen LogP contribution >= 0.6 is 7.82 Å². The summed E-state index contributed by atoms with van der Waals surface area (Å²) >= 11 is 0. The quantitative estimate of drug-likeness (QED) is 0.0319. The maximum atomic E-state index is 12.9. The molecular formula is C59H122N2O6P+. The molecule has 8 nitrogen and oxygen atoms in total. The monoisotopic (exact) mass is 986 g/mol. The highest BCUT2D eigenvalue weighted by Gasteiger charge is 2.28. The fourth-order valence-corrected chi connectivity index (χ4v) is 10.3. The minimum atomic E-state index is -4.31. The number of phosphoric ester groups is 1. The number of quaternary nitrogens is 1. The van der Waals surface area contributed by atoms with E-state index in [1.54, 1.807) is 0 Å². The number of hydrogen-bond acceptors (Lipinski definition) is 5. The first-order chi connectivity index (χ1) is 33.0. The Morgan fingerprint density at radius 3 is 0.985 bits per heavy atom. The number of phosphoric acid groups is 1. The van der Waals surface area contributed by atoms with Crippen molar-refractivity contribution in [1.82, 2.24) is 5.32 Å². The lowest BCUT2D eigenvalue weighted by Crippen LogP contribution is -2.46. The number of carbonyl (C=O) groups is 1. The van der Waals surface area contributed by atoms with Crippen molar-refractivity contribution in [3.05, 3.63) is 0 Å². The Morgan fingerprint density at radius 2 is 0.706 bits per heavy atom. The number of hydrogen-bond donors (Lipinski definition) is 3. The summed E-state index contributed by atoms with van der Waals surface area (Å²) in [6, 6.07) is -0.754. The van der Waals surface area contributed by atoms with E-state index < -0.39 is 20.0 Å². The molecule has 0 bridgehead atoms. The number of aliphatic hydroxyl groups excluding tert-OH is 1. The second-order valence-electron chi connectivity index (χ2n) is 22.4. The molecule has 0 radical (unpaired) electrons. The zero-order valence-electron chi connectivity index (χ0n) is 46.6. The van der Waals surface area contributed by atoms with Crippen molar-refractivity contribution < 1.29 is 32.9 Å². The van der Waals surface area contributed by atoms with Gasteiger partial charge in [-0.3, -0.25) is 13.8 Å². The number of aliphatic hydroxyl groups is 1. The van der Waals surface area contributed by atoms with Crippen molar-refractivity contribution in [3.8, 4) is 0 Å². The molecule has 0 aromatic heterocycles. The summed E-state index contributed by atoms with van der Waals surface area (Å²) in [7, 11) is 1.64. The van der Waals surface area contributed by atoms with Crippen LogP contribution in [0.2, 0.25) is 0 Å². The van der Waals surface area contributed by atoms with E-state index in [1.807, 2.05) is 21.1 Å². The number of likely N-dealkylation sites (N-methyl/N-ethyl adjacent to an activating group) is 1. The van der Waals surface area contributed by atoms with E-state index in [9.17, 15) is 19.4 Å². The normalized spacial score (nSPS) is 13.8. The molecule has 0 aliphatic heterocycles. The van der Waals surface area contributed by atoms with Crippen LogP contribution in [-0.2, 0) is 18.4 Å². The van der Waals surface area contributed by atoms with Gasteiger partial charge in [0.2, 0.25) is 5.91 Å². The van der Waals surface area contributed by atoms with Gasteiger partial charge in [-0.1, -0.05) is 303 Å². The largest absolute Gasteiger partial charge is 0.472 e. The van der Waals surface area contributed by atoms with Gasteiger partial charge < -0.3 is 19.8 Å². The molecule has 0 fully saturated rings. The molecular weight excluding hydrogens is 864 g/mol. The Hall–Kier alpha value is -0.500. The maximum Gasteiger partial charge on any atom is 0.472 e. The number of unbranched alkanes of at least 4 members (excludes halogenated alkanes) is 44. The second kappa shape index (κ2) is 51.4. The van der Waals surface area contributed by atoms with Crippen molar-refractivity contribution in [2.24, 2.45) is 0 Å². The SMILES string of the molecule is CCCCCCCCCCCCCCCCCCCCCCCCCCCCCCCCCCCC(O)C(COP(=O)(O)OCC[N+](C)(C)C)NC(=O)CCCCCCCCCCCCCCC. The molecule has 0 rings (SSSR count). The number of nitrogens with one attached hydrogen (secondary N) is 1. The predicted octanol–water partition coefficient (Wildman–Crippen LogP) is 18.4. The average Bonchev–Trinajstić information content (AvgIpc) is 3.30. The Kier molecular flexibility index (Phi) is 51.0. The van der Waals surface area contributed by atoms with E-state index in [2.05, 4.69) is 19.2 Å².